The van der Waals surface area contributed by atoms with Crippen LogP contribution in [0.1, 0.15) is 46.5 Å². The van der Waals surface area contributed by atoms with E-state index in [0.29, 0.717) is 98.9 Å². The van der Waals surface area contributed by atoms with Gasteiger partial charge in [0.15, 0.2) is 0 Å². The van der Waals surface area contributed by atoms with Gasteiger partial charge in [-0.25, -0.2) is 0 Å². The molecule has 0 atom stereocenters. The van der Waals surface area contributed by atoms with E-state index in [1.54, 1.807) is 0 Å². The monoisotopic (exact) mass is 466 g/mol. The molecule has 0 saturated heterocycles. The Balaban J connectivity index is 3.07. The molecule has 0 rings (SSSR count). The fourth-order valence-electron chi connectivity index (χ4n) is 2.35. The number of esters is 1. The minimum atomic E-state index is -0.152. The second-order valence-corrected chi connectivity index (χ2v) is 7.27. The lowest BCUT2D eigenvalue weighted by atomic mass is 10.2. The largest absolute Gasteiger partial charge is 0.463 e. The summed E-state index contributed by atoms with van der Waals surface area (Å²) in [7, 11) is 0. The van der Waals surface area contributed by atoms with Crippen LogP contribution in [0.25, 0.3) is 0 Å². The smallest absolute Gasteiger partial charge is 0.305 e. The van der Waals surface area contributed by atoms with Crippen LogP contribution in [0.4, 0.5) is 0 Å². The third kappa shape index (κ3) is 27.2. The topological polar surface area (TPSA) is 90.9 Å². The molecule has 0 N–H and O–H groups in total. The van der Waals surface area contributed by atoms with Gasteiger partial charge >= 0.3 is 5.97 Å². The molecular weight excluding hydrogens is 420 g/mol. The lowest BCUT2D eigenvalue weighted by Crippen LogP contribution is -2.15. The van der Waals surface area contributed by atoms with Crippen molar-refractivity contribution in [1.82, 2.24) is 0 Å². The average Bonchev–Trinajstić information content (AvgIpc) is 2.77. The van der Waals surface area contributed by atoms with E-state index in [1.165, 1.54) is 0 Å². The van der Waals surface area contributed by atoms with Crippen LogP contribution in [0.3, 0.4) is 0 Å². The molecule has 0 amide bonds. The Kier molecular flexibility index (Phi) is 25.8. The highest BCUT2D eigenvalue weighted by molar-refractivity contribution is 5.69. The van der Waals surface area contributed by atoms with E-state index in [0.717, 1.165) is 19.3 Å². The molecule has 0 aliphatic rings. The number of ether oxygens (including phenoxy) is 8. The molecule has 9 nitrogen and oxygen atoms in total. The number of unbranched alkanes of at least 4 members (excludes halogenated alkanes) is 2. The van der Waals surface area contributed by atoms with Gasteiger partial charge < -0.3 is 37.9 Å². The van der Waals surface area contributed by atoms with Gasteiger partial charge in [-0.2, -0.15) is 0 Å². The van der Waals surface area contributed by atoms with Gasteiger partial charge in [0.05, 0.1) is 92.0 Å². The van der Waals surface area contributed by atoms with Crippen molar-refractivity contribution in [3.8, 4) is 0 Å². The molecule has 192 valence electrons. The maximum Gasteiger partial charge on any atom is 0.305 e. The lowest BCUT2D eigenvalue weighted by molar-refractivity contribution is -0.145. The Morgan fingerprint density at radius 1 is 0.562 bits per heavy atom. The molecular formula is C23H46O9. The lowest BCUT2D eigenvalue weighted by Gasteiger charge is -2.09. The molecule has 0 radical (unpaired) electrons. The number of hydrogen-bond acceptors (Lipinski definition) is 9. The Bertz CT molecular complexity index is 380. The summed E-state index contributed by atoms with van der Waals surface area (Å²) >= 11 is 0. The van der Waals surface area contributed by atoms with Crippen LogP contribution in [0, 0.1) is 0 Å². The van der Waals surface area contributed by atoms with Crippen molar-refractivity contribution < 1.29 is 42.7 Å². The minimum Gasteiger partial charge on any atom is -0.463 e. The molecule has 0 heterocycles. The van der Waals surface area contributed by atoms with Crippen molar-refractivity contribution in [2.75, 3.05) is 92.5 Å². The van der Waals surface area contributed by atoms with Gasteiger partial charge in [-0.05, 0) is 20.3 Å². The highest BCUT2D eigenvalue weighted by atomic mass is 16.6. The zero-order valence-electron chi connectivity index (χ0n) is 20.5. The molecule has 0 unspecified atom stereocenters. The quantitative estimate of drug-likeness (QED) is 0.141. The maximum atomic E-state index is 11.4. The first-order valence-corrected chi connectivity index (χ1v) is 11.9. The summed E-state index contributed by atoms with van der Waals surface area (Å²) in [6.45, 7) is 13.1. The molecule has 0 aromatic carbocycles. The molecule has 9 heteroatoms. The predicted molar refractivity (Wildman–Crippen MR) is 121 cm³/mol. The first-order valence-electron chi connectivity index (χ1n) is 11.9. The normalized spacial score (nSPS) is 11.4. The maximum absolute atomic E-state index is 11.4. The fraction of sp³-hybridized carbons (Fsp3) is 0.957. The Morgan fingerprint density at radius 2 is 0.938 bits per heavy atom. The number of carbonyl (C=O) groups excluding carboxylic acids is 1. The summed E-state index contributed by atoms with van der Waals surface area (Å²) in [6, 6.07) is 0. The van der Waals surface area contributed by atoms with E-state index in [-0.39, 0.29) is 12.1 Å². The van der Waals surface area contributed by atoms with Crippen molar-refractivity contribution in [3.05, 3.63) is 0 Å². The van der Waals surface area contributed by atoms with E-state index in [9.17, 15) is 4.79 Å². The Morgan fingerprint density at radius 3 is 1.31 bits per heavy atom. The van der Waals surface area contributed by atoms with Crippen LogP contribution >= 0.6 is 0 Å². The van der Waals surface area contributed by atoms with Crippen LogP contribution in [-0.2, 0) is 42.7 Å². The standard InChI is InChI=1S/C23H46O9/c1-4-5-6-7-23(24)32-21-19-30-17-15-28-13-11-26-9-8-25-10-12-27-14-16-29-18-20-31-22(2)3/h22H,4-21H2,1-3H3. The van der Waals surface area contributed by atoms with Crippen molar-refractivity contribution in [3.63, 3.8) is 0 Å². The number of hydrogen-bond donors (Lipinski definition) is 0. The molecule has 0 aliphatic carbocycles. The van der Waals surface area contributed by atoms with Crippen LogP contribution in [0.2, 0.25) is 0 Å². The summed E-state index contributed by atoms with van der Waals surface area (Å²) in [5, 5.41) is 0. The second kappa shape index (κ2) is 26.4. The third-order valence-electron chi connectivity index (χ3n) is 4.01. The minimum absolute atomic E-state index is 0.152. The molecule has 0 fully saturated rings. The average molecular weight is 467 g/mol. The summed E-state index contributed by atoms with van der Waals surface area (Å²) < 4.78 is 42.9. The van der Waals surface area contributed by atoms with Crippen molar-refractivity contribution in [2.45, 2.75) is 52.6 Å². The first-order chi connectivity index (χ1) is 15.7. The van der Waals surface area contributed by atoms with Crippen LogP contribution < -0.4 is 0 Å². The van der Waals surface area contributed by atoms with Gasteiger partial charge in [-0.15, -0.1) is 0 Å². The van der Waals surface area contributed by atoms with Gasteiger partial charge in [0.25, 0.3) is 0 Å². The summed E-state index contributed by atoms with van der Waals surface area (Å²) in [4.78, 5) is 11.4. The Hall–Kier alpha value is -0.810. The van der Waals surface area contributed by atoms with E-state index < -0.39 is 0 Å². The number of rotatable bonds is 26. The van der Waals surface area contributed by atoms with Gasteiger partial charge in [0, 0.05) is 6.42 Å². The van der Waals surface area contributed by atoms with E-state index in [4.69, 9.17) is 37.9 Å². The summed E-state index contributed by atoms with van der Waals surface area (Å²) in [5.74, 6) is -0.152. The summed E-state index contributed by atoms with van der Waals surface area (Å²) in [5.41, 5.74) is 0. The van der Waals surface area contributed by atoms with E-state index in [2.05, 4.69) is 6.92 Å². The van der Waals surface area contributed by atoms with Crippen LogP contribution in [0.15, 0.2) is 0 Å². The molecule has 0 aliphatic heterocycles. The van der Waals surface area contributed by atoms with Crippen LogP contribution in [-0.4, -0.2) is 105 Å². The van der Waals surface area contributed by atoms with Crippen molar-refractivity contribution in [1.29, 1.82) is 0 Å². The summed E-state index contributed by atoms with van der Waals surface area (Å²) in [6.07, 6.45) is 3.76. The zero-order chi connectivity index (χ0) is 23.5. The Labute approximate surface area is 194 Å². The van der Waals surface area contributed by atoms with Gasteiger partial charge in [-0.3, -0.25) is 4.79 Å². The number of carbonyl (C=O) groups is 1. The third-order valence-corrected chi connectivity index (χ3v) is 4.01. The van der Waals surface area contributed by atoms with E-state index >= 15 is 0 Å². The molecule has 0 aromatic rings. The van der Waals surface area contributed by atoms with Gasteiger partial charge in [-0.1, -0.05) is 19.8 Å². The molecule has 0 saturated carbocycles. The van der Waals surface area contributed by atoms with Gasteiger partial charge in [0.1, 0.15) is 6.61 Å². The van der Waals surface area contributed by atoms with Crippen molar-refractivity contribution >= 4 is 5.97 Å². The molecule has 0 bridgehead atoms. The fourth-order valence-corrected chi connectivity index (χ4v) is 2.35. The first kappa shape index (κ1) is 31.2. The SMILES string of the molecule is CCCCCC(=O)OCCOCCOCCOCCOCCOCCOCCOC(C)C. The van der Waals surface area contributed by atoms with Crippen molar-refractivity contribution in [2.24, 2.45) is 0 Å². The highest BCUT2D eigenvalue weighted by Gasteiger charge is 2.01. The van der Waals surface area contributed by atoms with E-state index in [1.807, 2.05) is 13.8 Å². The molecule has 32 heavy (non-hydrogen) atoms. The molecule has 0 aromatic heterocycles. The molecule has 0 spiro atoms. The predicted octanol–water partition coefficient (Wildman–Crippen LogP) is 2.63. The zero-order valence-corrected chi connectivity index (χ0v) is 20.5. The second-order valence-electron chi connectivity index (χ2n) is 7.27. The van der Waals surface area contributed by atoms with Gasteiger partial charge in [0.2, 0.25) is 0 Å². The highest BCUT2D eigenvalue weighted by Crippen LogP contribution is 2.00. The van der Waals surface area contributed by atoms with Crippen LogP contribution in [0.5, 0.6) is 0 Å².